The average molecular weight is 338 g/mol. The first-order valence-corrected chi connectivity index (χ1v) is 8.25. The van der Waals surface area contributed by atoms with E-state index in [2.05, 4.69) is 15.3 Å². The lowest BCUT2D eigenvalue weighted by Gasteiger charge is -2.22. The van der Waals surface area contributed by atoms with E-state index in [1.165, 1.54) is 18.1 Å². The smallest absolute Gasteiger partial charge is 0.249 e. The van der Waals surface area contributed by atoms with E-state index in [1.807, 2.05) is 13.8 Å². The minimum absolute atomic E-state index is 0.0625. The van der Waals surface area contributed by atoms with E-state index in [4.69, 9.17) is 0 Å². The minimum atomic E-state index is -0.960. The SMILES string of the molecule is CC(C)C(C(=O)NC1=NCCS1)n1cnc2cc(F)c(F)cc21. The molecule has 1 unspecified atom stereocenters. The summed E-state index contributed by atoms with van der Waals surface area (Å²) < 4.78 is 28.5. The van der Waals surface area contributed by atoms with Crippen molar-refractivity contribution in [3.05, 3.63) is 30.1 Å². The molecule has 1 aliphatic rings. The molecule has 1 aliphatic heterocycles. The number of imidazole rings is 1. The van der Waals surface area contributed by atoms with Gasteiger partial charge in [-0.15, -0.1) is 0 Å². The Morgan fingerprint density at radius 3 is 2.74 bits per heavy atom. The lowest BCUT2D eigenvalue weighted by atomic mass is 10.0. The van der Waals surface area contributed by atoms with E-state index < -0.39 is 17.7 Å². The fraction of sp³-hybridized carbons (Fsp3) is 0.400. The highest BCUT2D eigenvalue weighted by Crippen LogP contribution is 2.26. The number of hydrogen-bond donors (Lipinski definition) is 1. The van der Waals surface area contributed by atoms with Crippen LogP contribution in [0.4, 0.5) is 8.78 Å². The fourth-order valence-electron chi connectivity index (χ4n) is 2.58. The number of nitrogens with zero attached hydrogens (tertiary/aromatic N) is 3. The highest BCUT2D eigenvalue weighted by molar-refractivity contribution is 8.14. The van der Waals surface area contributed by atoms with E-state index in [9.17, 15) is 13.6 Å². The van der Waals surface area contributed by atoms with Crippen molar-refractivity contribution in [3.63, 3.8) is 0 Å². The molecule has 5 nitrogen and oxygen atoms in total. The normalized spacial score (nSPS) is 16.0. The number of benzene rings is 1. The van der Waals surface area contributed by atoms with E-state index >= 15 is 0 Å². The Hall–Kier alpha value is -1.96. The number of carbonyl (C=O) groups is 1. The van der Waals surface area contributed by atoms with Crippen LogP contribution in [0.1, 0.15) is 19.9 Å². The molecule has 122 valence electrons. The highest BCUT2D eigenvalue weighted by Gasteiger charge is 2.27. The number of aromatic nitrogens is 2. The number of hydrogen-bond acceptors (Lipinski definition) is 4. The van der Waals surface area contributed by atoms with Crippen LogP contribution in [-0.4, -0.2) is 32.9 Å². The lowest BCUT2D eigenvalue weighted by molar-refractivity contribution is -0.123. The topological polar surface area (TPSA) is 59.3 Å². The molecule has 0 saturated carbocycles. The monoisotopic (exact) mass is 338 g/mol. The zero-order chi connectivity index (χ0) is 16.6. The molecule has 1 atom stereocenters. The molecular formula is C15H16F2N4OS. The maximum atomic E-state index is 13.6. The predicted molar refractivity (Wildman–Crippen MR) is 86.4 cm³/mol. The number of amidine groups is 1. The van der Waals surface area contributed by atoms with Crippen molar-refractivity contribution in [2.24, 2.45) is 10.9 Å². The van der Waals surface area contributed by atoms with Crippen LogP contribution in [0.5, 0.6) is 0 Å². The number of carbonyl (C=O) groups excluding carboxylic acids is 1. The molecule has 2 aromatic rings. The Morgan fingerprint density at radius 2 is 2.09 bits per heavy atom. The molecule has 1 N–H and O–H groups in total. The van der Waals surface area contributed by atoms with Crippen LogP contribution in [-0.2, 0) is 4.79 Å². The van der Waals surface area contributed by atoms with Crippen LogP contribution in [0.15, 0.2) is 23.5 Å². The summed E-state index contributed by atoms with van der Waals surface area (Å²) in [6.45, 7) is 4.46. The van der Waals surface area contributed by atoms with Crippen LogP contribution in [0.25, 0.3) is 11.0 Å². The Labute approximate surface area is 136 Å². The van der Waals surface area contributed by atoms with Crippen molar-refractivity contribution in [1.29, 1.82) is 0 Å². The van der Waals surface area contributed by atoms with Gasteiger partial charge in [-0.05, 0) is 5.92 Å². The molecule has 2 heterocycles. The van der Waals surface area contributed by atoms with Gasteiger partial charge in [-0.2, -0.15) is 0 Å². The van der Waals surface area contributed by atoms with Crippen molar-refractivity contribution in [2.75, 3.05) is 12.3 Å². The third-order valence-electron chi connectivity index (χ3n) is 3.63. The van der Waals surface area contributed by atoms with Crippen LogP contribution in [0.3, 0.4) is 0 Å². The predicted octanol–water partition coefficient (Wildman–Crippen LogP) is 2.73. The van der Waals surface area contributed by atoms with E-state index in [-0.39, 0.29) is 11.8 Å². The number of thioether (sulfide) groups is 1. The minimum Gasteiger partial charge on any atom is -0.318 e. The molecule has 0 aliphatic carbocycles. The summed E-state index contributed by atoms with van der Waals surface area (Å²) in [5.74, 6) is -1.37. The average Bonchev–Trinajstić information content (AvgIpc) is 3.11. The van der Waals surface area contributed by atoms with Crippen LogP contribution in [0.2, 0.25) is 0 Å². The van der Waals surface area contributed by atoms with Gasteiger partial charge in [0.25, 0.3) is 0 Å². The third kappa shape index (κ3) is 3.08. The maximum Gasteiger partial charge on any atom is 0.249 e. The highest BCUT2D eigenvalue weighted by atomic mass is 32.2. The summed E-state index contributed by atoms with van der Waals surface area (Å²) >= 11 is 1.49. The maximum absolute atomic E-state index is 13.6. The van der Waals surface area contributed by atoms with Gasteiger partial charge in [0.2, 0.25) is 5.91 Å². The van der Waals surface area contributed by atoms with Gasteiger partial charge in [-0.25, -0.2) is 13.8 Å². The molecule has 1 amide bonds. The van der Waals surface area contributed by atoms with Gasteiger partial charge in [0.05, 0.1) is 23.9 Å². The van der Waals surface area contributed by atoms with Gasteiger partial charge in [-0.1, -0.05) is 25.6 Å². The van der Waals surface area contributed by atoms with Crippen LogP contribution in [0, 0.1) is 17.6 Å². The fourth-order valence-corrected chi connectivity index (χ4v) is 3.32. The number of halogens is 2. The molecule has 0 radical (unpaired) electrons. The largest absolute Gasteiger partial charge is 0.318 e. The molecule has 0 fully saturated rings. The van der Waals surface area contributed by atoms with Crippen molar-refractivity contribution in [3.8, 4) is 0 Å². The van der Waals surface area contributed by atoms with Gasteiger partial charge in [0.15, 0.2) is 16.8 Å². The van der Waals surface area contributed by atoms with Crippen molar-refractivity contribution in [1.82, 2.24) is 14.9 Å². The van der Waals surface area contributed by atoms with Crippen molar-refractivity contribution in [2.45, 2.75) is 19.9 Å². The van der Waals surface area contributed by atoms with Crippen LogP contribution < -0.4 is 5.32 Å². The second kappa shape index (κ2) is 6.27. The first kappa shape index (κ1) is 15.9. The molecule has 1 aromatic carbocycles. The van der Waals surface area contributed by atoms with E-state index in [1.54, 1.807) is 4.57 Å². The second-order valence-electron chi connectivity index (χ2n) is 5.62. The number of nitrogens with one attached hydrogen (secondary N) is 1. The van der Waals surface area contributed by atoms with Gasteiger partial charge >= 0.3 is 0 Å². The summed E-state index contributed by atoms with van der Waals surface area (Å²) in [5, 5.41) is 3.40. The first-order chi connectivity index (χ1) is 11.0. The molecule has 23 heavy (non-hydrogen) atoms. The quantitative estimate of drug-likeness (QED) is 0.936. The molecular weight excluding hydrogens is 322 g/mol. The number of amides is 1. The number of aliphatic imine (C=N–C) groups is 1. The Bertz CT molecular complexity index is 787. The van der Waals surface area contributed by atoms with Gasteiger partial charge in [0, 0.05) is 17.9 Å². The summed E-state index contributed by atoms with van der Waals surface area (Å²) in [5.41, 5.74) is 0.702. The number of fused-ring (bicyclic) bond motifs is 1. The summed E-state index contributed by atoms with van der Waals surface area (Å²) in [4.78, 5) is 20.9. The number of rotatable bonds is 3. The van der Waals surface area contributed by atoms with Crippen molar-refractivity contribution >= 4 is 33.9 Å². The van der Waals surface area contributed by atoms with Crippen molar-refractivity contribution < 1.29 is 13.6 Å². The summed E-state index contributed by atoms with van der Waals surface area (Å²) in [7, 11) is 0. The van der Waals surface area contributed by atoms with Crippen LogP contribution >= 0.6 is 11.8 Å². The zero-order valence-corrected chi connectivity index (χ0v) is 13.5. The Kier molecular flexibility index (Phi) is 4.34. The Morgan fingerprint density at radius 1 is 1.35 bits per heavy atom. The molecule has 8 heteroatoms. The molecule has 0 saturated heterocycles. The van der Waals surface area contributed by atoms with E-state index in [0.717, 1.165) is 17.9 Å². The summed E-state index contributed by atoms with van der Waals surface area (Å²) in [6, 6.07) is 1.52. The zero-order valence-electron chi connectivity index (χ0n) is 12.7. The molecule has 3 rings (SSSR count). The van der Waals surface area contributed by atoms with Gasteiger partial charge in [-0.3, -0.25) is 9.79 Å². The molecule has 0 spiro atoms. The Balaban J connectivity index is 1.98. The molecule has 0 bridgehead atoms. The first-order valence-electron chi connectivity index (χ1n) is 7.27. The van der Waals surface area contributed by atoms with Gasteiger partial charge in [0.1, 0.15) is 6.04 Å². The second-order valence-corrected chi connectivity index (χ2v) is 6.70. The van der Waals surface area contributed by atoms with Gasteiger partial charge < -0.3 is 9.88 Å². The molecule has 1 aromatic heterocycles. The standard InChI is InChI=1S/C15H16F2N4OS/c1-8(2)13(14(22)20-15-18-3-4-23-15)21-7-19-11-5-9(16)10(17)6-12(11)21/h5-8,13H,3-4H2,1-2H3,(H,18,20,22). The third-order valence-corrected chi connectivity index (χ3v) is 4.52. The summed E-state index contributed by atoms with van der Waals surface area (Å²) in [6.07, 6.45) is 1.44. The lowest BCUT2D eigenvalue weighted by Crippen LogP contribution is -2.37. The van der Waals surface area contributed by atoms with E-state index in [0.29, 0.717) is 22.7 Å².